The molecule has 0 aliphatic carbocycles. The average Bonchev–Trinajstić information content (AvgIpc) is 2.37. The van der Waals surface area contributed by atoms with E-state index >= 15 is 0 Å². The summed E-state index contributed by atoms with van der Waals surface area (Å²) in [7, 11) is 0. The predicted molar refractivity (Wildman–Crippen MR) is 49.1 cm³/mol. The van der Waals surface area contributed by atoms with E-state index in [-0.39, 0.29) is 11.2 Å². The van der Waals surface area contributed by atoms with E-state index in [1.54, 1.807) is 11.3 Å². The number of hydrogen-bond acceptors (Lipinski definition) is 2. The lowest BCUT2D eigenvalue weighted by Gasteiger charge is -2.21. The molecule has 0 saturated heterocycles. The van der Waals surface area contributed by atoms with E-state index in [9.17, 15) is 5.11 Å². The molecule has 0 amide bonds. The largest absolute Gasteiger partial charge is 0.512 e. The van der Waals surface area contributed by atoms with Gasteiger partial charge in [-0.1, -0.05) is 12.6 Å². The monoisotopic (exact) mass is 168 g/mol. The third kappa shape index (κ3) is 1.46. The first-order valence-corrected chi connectivity index (χ1v) is 4.35. The molecule has 0 bridgehead atoms. The fraction of sp³-hybridized carbons (Fsp3) is 0.333. The molecule has 0 unspecified atom stereocenters. The molecule has 1 rings (SSSR count). The third-order valence-corrected chi connectivity index (χ3v) is 3.05. The van der Waals surface area contributed by atoms with Gasteiger partial charge in [0.1, 0.15) is 0 Å². The Morgan fingerprint density at radius 3 is 2.64 bits per heavy atom. The number of aliphatic hydroxyl groups excluding tert-OH is 1. The Hall–Kier alpha value is -0.760. The van der Waals surface area contributed by atoms with Crippen LogP contribution < -0.4 is 0 Å². The molecule has 1 aromatic heterocycles. The minimum Gasteiger partial charge on any atom is -0.512 e. The van der Waals surface area contributed by atoms with E-state index in [4.69, 9.17) is 0 Å². The molecule has 0 aliphatic heterocycles. The van der Waals surface area contributed by atoms with Crippen molar-refractivity contribution in [2.24, 2.45) is 0 Å². The summed E-state index contributed by atoms with van der Waals surface area (Å²) in [6.07, 6.45) is 0. The van der Waals surface area contributed by atoms with Gasteiger partial charge in [0.25, 0.3) is 0 Å². The van der Waals surface area contributed by atoms with Crippen molar-refractivity contribution >= 4 is 11.3 Å². The van der Waals surface area contributed by atoms with Crippen LogP contribution in [0.15, 0.2) is 29.9 Å². The van der Waals surface area contributed by atoms with Crippen molar-refractivity contribution in [3.63, 3.8) is 0 Å². The second-order valence-corrected chi connectivity index (χ2v) is 4.00. The van der Waals surface area contributed by atoms with Crippen molar-refractivity contribution in [2.45, 2.75) is 19.3 Å². The molecule has 0 saturated carbocycles. The zero-order valence-electron chi connectivity index (χ0n) is 6.79. The summed E-state index contributed by atoms with van der Waals surface area (Å²) < 4.78 is 0. The van der Waals surface area contributed by atoms with Crippen molar-refractivity contribution in [3.05, 3.63) is 34.7 Å². The van der Waals surface area contributed by atoms with E-state index in [1.165, 1.54) is 0 Å². The SMILES string of the molecule is C=C(O)C(C)(C)c1cccs1. The van der Waals surface area contributed by atoms with Crippen molar-refractivity contribution in [3.8, 4) is 0 Å². The molecular weight excluding hydrogens is 156 g/mol. The van der Waals surface area contributed by atoms with Crippen LogP contribution >= 0.6 is 11.3 Å². The van der Waals surface area contributed by atoms with E-state index in [0.717, 1.165) is 4.88 Å². The van der Waals surface area contributed by atoms with Gasteiger partial charge in [0.2, 0.25) is 0 Å². The highest BCUT2D eigenvalue weighted by atomic mass is 32.1. The third-order valence-electron chi connectivity index (χ3n) is 1.86. The Balaban J connectivity index is 3.00. The Morgan fingerprint density at radius 2 is 2.27 bits per heavy atom. The summed E-state index contributed by atoms with van der Waals surface area (Å²) in [5, 5.41) is 11.3. The van der Waals surface area contributed by atoms with Crippen LogP contribution in [0.1, 0.15) is 18.7 Å². The quantitative estimate of drug-likeness (QED) is 0.673. The van der Waals surface area contributed by atoms with Gasteiger partial charge < -0.3 is 5.11 Å². The molecule has 0 radical (unpaired) electrons. The van der Waals surface area contributed by atoms with E-state index in [1.807, 2.05) is 31.4 Å². The van der Waals surface area contributed by atoms with Crippen LogP contribution in [0.2, 0.25) is 0 Å². The fourth-order valence-corrected chi connectivity index (χ4v) is 1.65. The van der Waals surface area contributed by atoms with Gasteiger partial charge in [-0.05, 0) is 25.3 Å². The Morgan fingerprint density at radius 1 is 1.64 bits per heavy atom. The lowest BCUT2D eigenvalue weighted by atomic mass is 9.90. The first-order valence-electron chi connectivity index (χ1n) is 3.47. The molecule has 2 heteroatoms. The molecule has 0 spiro atoms. The Labute approximate surface area is 71.0 Å². The Kier molecular flexibility index (Phi) is 2.05. The summed E-state index contributed by atoms with van der Waals surface area (Å²) in [5.74, 6) is 0.222. The van der Waals surface area contributed by atoms with Crippen LogP contribution in [0.5, 0.6) is 0 Å². The van der Waals surface area contributed by atoms with Crippen molar-refractivity contribution in [2.75, 3.05) is 0 Å². The average molecular weight is 168 g/mol. The van der Waals surface area contributed by atoms with Gasteiger partial charge in [-0.25, -0.2) is 0 Å². The molecule has 1 heterocycles. The molecule has 60 valence electrons. The van der Waals surface area contributed by atoms with Gasteiger partial charge in [0, 0.05) is 4.88 Å². The minimum absolute atomic E-state index is 0.222. The number of rotatable bonds is 2. The van der Waals surface area contributed by atoms with Crippen molar-refractivity contribution in [1.82, 2.24) is 0 Å². The van der Waals surface area contributed by atoms with Crippen molar-refractivity contribution in [1.29, 1.82) is 0 Å². The standard InChI is InChI=1S/C9H12OS/c1-7(10)9(2,3)8-5-4-6-11-8/h4-6,10H,1H2,2-3H3. The van der Waals surface area contributed by atoms with Crippen LogP contribution in [0.4, 0.5) is 0 Å². The zero-order valence-corrected chi connectivity index (χ0v) is 7.61. The molecule has 1 aromatic rings. The molecule has 0 aromatic carbocycles. The van der Waals surface area contributed by atoms with E-state index < -0.39 is 0 Å². The Bertz CT molecular complexity index is 247. The smallest absolute Gasteiger partial charge is 0.0959 e. The maximum absolute atomic E-state index is 9.26. The number of allylic oxidation sites excluding steroid dienone is 1. The molecule has 11 heavy (non-hydrogen) atoms. The molecule has 0 atom stereocenters. The number of hydrogen-bond donors (Lipinski definition) is 1. The summed E-state index contributed by atoms with van der Waals surface area (Å²) in [4.78, 5) is 1.14. The minimum atomic E-state index is -0.297. The van der Waals surface area contributed by atoms with Gasteiger partial charge in [-0.15, -0.1) is 11.3 Å². The maximum atomic E-state index is 9.26. The van der Waals surface area contributed by atoms with E-state index in [0.29, 0.717) is 0 Å². The second kappa shape index (κ2) is 2.70. The molecule has 0 aliphatic rings. The summed E-state index contributed by atoms with van der Waals surface area (Å²) in [6.45, 7) is 7.46. The van der Waals surface area contributed by atoms with Crippen LogP contribution in [-0.4, -0.2) is 5.11 Å². The van der Waals surface area contributed by atoms with Gasteiger partial charge in [-0.2, -0.15) is 0 Å². The molecule has 1 N–H and O–H groups in total. The molecule has 0 fully saturated rings. The summed E-state index contributed by atoms with van der Waals surface area (Å²) >= 11 is 1.64. The van der Waals surface area contributed by atoms with Crippen LogP contribution in [0.3, 0.4) is 0 Å². The van der Waals surface area contributed by atoms with Crippen LogP contribution in [0.25, 0.3) is 0 Å². The maximum Gasteiger partial charge on any atom is 0.0959 e. The highest BCUT2D eigenvalue weighted by Crippen LogP contribution is 2.31. The summed E-state index contributed by atoms with van der Waals surface area (Å²) in [5.41, 5.74) is -0.297. The first-order chi connectivity index (χ1) is 5.05. The van der Waals surface area contributed by atoms with Gasteiger partial charge in [0.05, 0.1) is 11.2 Å². The molecule has 1 nitrogen and oxygen atoms in total. The highest BCUT2D eigenvalue weighted by Gasteiger charge is 2.24. The number of aliphatic hydroxyl groups is 1. The normalized spacial score (nSPS) is 11.5. The van der Waals surface area contributed by atoms with Crippen LogP contribution in [0, 0.1) is 0 Å². The van der Waals surface area contributed by atoms with Crippen LogP contribution in [-0.2, 0) is 5.41 Å². The van der Waals surface area contributed by atoms with Gasteiger partial charge in [-0.3, -0.25) is 0 Å². The lowest BCUT2D eigenvalue weighted by molar-refractivity contribution is 0.327. The highest BCUT2D eigenvalue weighted by molar-refractivity contribution is 7.10. The first kappa shape index (κ1) is 8.34. The topological polar surface area (TPSA) is 20.2 Å². The van der Waals surface area contributed by atoms with E-state index in [2.05, 4.69) is 6.58 Å². The number of thiophene rings is 1. The summed E-state index contributed by atoms with van der Waals surface area (Å²) in [6, 6.07) is 3.98. The second-order valence-electron chi connectivity index (χ2n) is 3.05. The fourth-order valence-electron chi connectivity index (χ4n) is 0.776. The lowest BCUT2D eigenvalue weighted by Crippen LogP contribution is -2.17. The molecular formula is C9H12OS. The predicted octanol–water partition coefficient (Wildman–Crippen LogP) is 3.10. The van der Waals surface area contributed by atoms with Gasteiger partial charge >= 0.3 is 0 Å². The van der Waals surface area contributed by atoms with Crippen molar-refractivity contribution < 1.29 is 5.11 Å². The van der Waals surface area contributed by atoms with Gasteiger partial charge in [0.15, 0.2) is 0 Å². The zero-order chi connectivity index (χ0) is 8.48.